The molecule has 0 saturated carbocycles. The van der Waals surface area contributed by atoms with Crippen LogP contribution in [0.3, 0.4) is 0 Å². The maximum absolute atomic E-state index is 12.0. The Balaban J connectivity index is 1.82. The second-order valence-electron chi connectivity index (χ2n) is 4.19. The van der Waals surface area contributed by atoms with Crippen LogP contribution in [0.4, 0.5) is 0 Å². The van der Waals surface area contributed by atoms with Crippen LogP contribution in [0.1, 0.15) is 10.4 Å². The van der Waals surface area contributed by atoms with E-state index in [4.69, 9.17) is 14.2 Å². The first-order valence-electron chi connectivity index (χ1n) is 6.29. The molecule has 1 aliphatic heterocycles. The predicted molar refractivity (Wildman–Crippen MR) is 77.3 cm³/mol. The van der Waals surface area contributed by atoms with Gasteiger partial charge in [0.05, 0.1) is 11.1 Å². The van der Waals surface area contributed by atoms with Gasteiger partial charge in [0.2, 0.25) is 6.79 Å². The molecule has 0 unspecified atom stereocenters. The summed E-state index contributed by atoms with van der Waals surface area (Å²) in [4.78, 5) is 12.0. The molecule has 110 valence electrons. The fourth-order valence-corrected chi connectivity index (χ4v) is 2.32. The number of rotatable bonds is 7. The maximum atomic E-state index is 12.0. The molecule has 1 aliphatic rings. The fraction of sp³-hybridized carbons (Fsp3) is 0.462. The van der Waals surface area contributed by atoms with Crippen LogP contribution < -0.4 is 20.1 Å². The Hall–Kier alpha value is -1.31. The molecule has 7 heteroatoms. The lowest BCUT2D eigenvalue weighted by molar-refractivity contribution is 0.0953. The minimum Gasteiger partial charge on any atom is -0.454 e. The zero-order valence-electron chi connectivity index (χ0n) is 11.2. The minimum absolute atomic E-state index is 0.141. The third kappa shape index (κ3) is 3.84. The molecule has 1 aromatic carbocycles. The first-order chi connectivity index (χ1) is 9.72. The zero-order chi connectivity index (χ0) is 14.4. The van der Waals surface area contributed by atoms with E-state index in [0.29, 0.717) is 36.8 Å². The molecule has 0 saturated heterocycles. The van der Waals surface area contributed by atoms with Crippen LogP contribution in [0.5, 0.6) is 11.5 Å². The average Bonchev–Trinajstić information content (AvgIpc) is 2.91. The first-order valence-corrected chi connectivity index (χ1v) is 7.08. The number of halogens is 1. The maximum Gasteiger partial charge on any atom is 0.251 e. The lowest BCUT2D eigenvalue weighted by Crippen LogP contribution is -2.33. The summed E-state index contributed by atoms with van der Waals surface area (Å²) in [5, 5.41) is 5.99. The third-order valence-corrected chi connectivity index (χ3v) is 3.35. The summed E-state index contributed by atoms with van der Waals surface area (Å²) in [5.74, 6) is 1.09. The Kier molecular flexibility index (Phi) is 5.63. The van der Waals surface area contributed by atoms with Crippen LogP contribution in [-0.4, -0.2) is 46.1 Å². The molecule has 0 spiro atoms. The van der Waals surface area contributed by atoms with E-state index >= 15 is 0 Å². The molecule has 20 heavy (non-hydrogen) atoms. The second kappa shape index (κ2) is 7.47. The van der Waals surface area contributed by atoms with Crippen molar-refractivity contribution in [1.82, 2.24) is 10.6 Å². The van der Waals surface area contributed by atoms with Gasteiger partial charge in [-0.1, -0.05) is 0 Å². The molecular formula is C13H17BrN2O4. The van der Waals surface area contributed by atoms with E-state index in [-0.39, 0.29) is 12.7 Å². The number of carbonyl (C=O) groups excluding carboxylic acids is 1. The summed E-state index contributed by atoms with van der Waals surface area (Å²) in [6.07, 6.45) is 0. The lowest BCUT2D eigenvalue weighted by Gasteiger charge is -2.08. The van der Waals surface area contributed by atoms with Crippen molar-refractivity contribution in [3.8, 4) is 11.5 Å². The number of amides is 1. The largest absolute Gasteiger partial charge is 0.454 e. The van der Waals surface area contributed by atoms with Crippen molar-refractivity contribution in [3.05, 3.63) is 22.2 Å². The monoisotopic (exact) mass is 344 g/mol. The van der Waals surface area contributed by atoms with Crippen LogP contribution >= 0.6 is 15.9 Å². The van der Waals surface area contributed by atoms with E-state index in [0.717, 1.165) is 11.0 Å². The van der Waals surface area contributed by atoms with Gasteiger partial charge < -0.3 is 24.8 Å². The van der Waals surface area contributed by atoms with E-state index in [1.54, 1.807) is 19.2 Å². The molecule has 1 amide bonds. The summed E-state index contributed by atoms with van der Waals surface area (Å²) >= 11 is 3.37. The summed E-state index contributed by atoms with van der Waals surface area (Å²) in [6, 6.07) is 3.40. The SMILES string of the molecule is COCCNCCNC(=O)c1cc(Br)c2c(c1)OCO2. The van der Waals surface area contributed by atoms with Crippen molar-refractivity contribution in [3.63, 3.8) is 0 Å². The molecule has 0 atom stereocenters. The van der Waals surface area contributed by atoms with Crippen LogP contribution in [0.15, 0.2) is 16.6 Å². The Bertz CT molecular complexity index is 482. The van der Waals surface area contributed by atoms with Crippen LogP contribution in [-0.2, 0) is 4.74 Å². The number of hydrogen-bond donors (Lipinski definition) is 2. The van der Waals surface area contributed by atoms with Gasteiger partial charge >= 0.3 is 0 Å². The smallest absolute Gasteiger partial charge is 0.251 e. The van der Waals surface area contributed by atoms with E-state index < -0.39 is 0 Å². The highest BCUT2D eigenvalue weighted by atomic mass is 79.9. The Morgan fingerprint density at radius 2 is 2.20 bits per heavy atom. The normalized spacial score (nSPS) is 12.5. The minimum atomic E-state index is -0.141. The summed E-state index contributed by atoms with van der Waals surface area (Å²) < 4.78 is 16.2. The summed E-state index contributed by atoms with van der Waals surface area (Å²) in [7, 11) is 1.65. The molecule has 2 N–H and O–H groups in total. The average molecular weight is 345 g/mol. The fourth-order valence-electron chi connectivity index (χ4n) is 1.76. The second-order valence-corrected chi connectivity index (χ2v) is 5.04. The van der Waals surface area contributed by atoms with Crippen LogP contribution in [0.25, 0.3) is 0 Å². The van der Waals surface area contributed by atoms with Crippen molar-refractivity contribution in [2.24, 2.45) is 0 Å². The van der Waals surface area contributed by atoms with Gasteiger partial charge in [-0.2, -0.15) is 0 Å². The number of benzene rings is 1. The molecule has 0 aliphatic carbocycles. The molecule has 1 aromatic rings. The van der Waals surface area contributed by atoms with Crippen molar-refractivity contribution in [2.75, 3.05) is 40.1 Å². The number of fused-ring (bicyclic) bond motifs is 1. The van der Waals surface area contributed by atoms with Crippen molar-refractivity contribution in [2.45, 2.75) is 0 Å². The van der Waals surface area contributed by atoms with Crippen molar-refractivity contribution < 1.29 is 19.0 Å². The van der Waals surface area contributed by atoms with Gasteiger partial charge in [-0.15, -0.1) is 0 Å². The topological polar surface area (TPSA) is 68.8 Å². The number of ether oxygens (including phenoxy) is 3. The van der Waals surface area contributed by atoms with Gasteiger partial charge in [0, 0.05) is 32.3 Å². The Labute approximate surface area is 125 Å². The van der Waals surface area contributed by atoms with Gasteiger partial charge in [0.25, 0.3) is 5.91 Å². The molecular weight excluding hydrogens is 328 g/mol. The molecule has 0 fully saturated rings. The highest BCUT2D eigenvalue weighted by Crippen LogP contribution is 2.39. The lowest BCUT2D eigenvalue weighted by atomic mass is 10.2. The quantitative estimate of drug-likeness (QED) is 0.726. The van der Waals surface area contributed by atoms with Gasteiger partial charge in [-0.05, 0) is 28.1 Å². The predicted octanol–water partition coefficient (Wildman–Crippen LogP) is 1.14. The number of hydrogen-bond acceptors (Lipinski definition) is 5. The van der Waals surface area contributed by atoms with E-state index in [1.807, 2.05) is 0 Å². The number of nitrogens with one attached hydrogen (secondary N) is 2. The summed E-state index contributed by atoms with van der Waals surface area (Å²) in [6.45, 7) is 2.85. The molecule has 6 nitrogen and oxygen atoms in total. The number of methoxy groups -OCH3 is 1. The van der Waals surface area contributed by atoms with Gasteiger partial charge in [0.15, 0.2) is 11.5 Å². The molecule has 1 heterocycles. The first kappa shape index (κ1) is 15.1. The van der Waals surface area contributed by atoms with Crippen molar-refractivity contribution in [1.29, 1.82) is 0 Å². The van der Waals surface area contributed by atoms with E-state index in [1.165, 1.54) is 0 Å². The zero-order valence-corrected chi connectivity index (χ0v) is 12.8. The van der Waals surface area contributed by atoms with Gasteiger partial charge in [-0.3, -0.25) is 4.79 Å². The Morgan fingerprint density at radius 1 is 1.35 bits per heavy atom. The van der Waals surface area contributed by atoms with Crippen LogP contribution in [0.2, 0.25) is 0 Å². The molecule has 0 radical (unpaired) electrons. The third-order valence-electron chi connectivity index (χ3n) is 2.76. The standard InChI is InChI=1S/C13H17BrN2O4/c1-18-5-4-15-2-3-16-13(17)9-6-10(14)12-11(7-9)19-8-20-12/h6-7,15H,2-5,8H2,1H3,(H,16,17). The highest BCUT2D eigenvalue weighted by molar-refractivity contribution is 9.10. The van der Waals surface area contributed by atoms with Gasteiger partial charge in [0.1, 0.15) is 0 Å². The van der Waals surface area contributed by atoms with E-state index in [9.17, 15) is 4.79 Å². The molecule has 0 aromatic heterocycles. The van der Waals surface area contributed by atoms with E-state index in [2.05, 4.69) is 26.6 Å². The van der Waals surface area contributed by atoms with Crippen LogP contribution in [0, 0.1) is 0 Å². The number of carbonyl (C=O) groups is 1. The van der Waals surface area contributed by atoms with Crippen molar-refractivity contribution >= 4 is 21.8 Å². The Morgan fingerprint density at radius 3 is 3.00 bits per heavy atom. The molecule has 2 rings (SSSR count). The molecule has 0 bridgehead atoms. The summed E-state index contributed by atoms with van der Waals surface area (Å²) in [5.41, 5.74) is 0.540. The van der Waals surface area contributed by atoms with Gasteiger partial charge in [-0.25, -0.2) is 0 Å². The highest BCUT2D eigenvalue weighted by Gasteiger charge is 2.20.